The molecule has 0 aliphatic heterocycles. The van der Waals surface area contributed by atoms with E-state index >= 15 is 0 Å². The van der Waals surface area contributed by atoms with E-state index in [1.54, 1.807) is 6.07 Å². The second-order valence-electron chi connectivity index (χ2n) is 3.06. The summed E-state index contributed by atoms with van der Waals surface area (Å²) in [7, 11) is 0. The molecule has 0 saturated heterocycles. The van der Waals surface area contributed by atoms with E-state index in [9.17, 15) is 4.79 Å². The quantitative estimate of drug-likeness (QED) is 0.793. The summed E-state index contributed by atoms with van der Waals surface area (Å²) < 4.78 is 5.09. The van der Waals surface area contributed by atoms with E-state index in [4.69, 9.17) is 38.8 Å². The minimum Gasteiger partial charge on any atom is -0.394 e. The molecule has 16 heavy (non-hydrogen) atoms. The van der Waals surface area contributed by atoms with Gasteiger partial charge in [-0.15, -0.1) is 0 Å². The first kappa shape index (κ1) is 13.3. The van der Waals surface area contributed by atoms with Crippen LogP contribution >= 0.6 is 23.2 Å². The van der Waals surface area contributed by atoms with Crippen molar-refractivity contribution < 1.29 is 14.6 Å². The molecule has 88 valence electrons. The predicted octanol–water partition coefficient (Wildman–Crippen LogP) is 1.60. The van der Waals surface area contributed by atoms with Crippen molar-refractivity contribution in [3.63, 3.8) is 0 Å². The first-order valence-corrected chi connectivity index (χ1v) is 5.28. The Hall–Kier alpha value is -0.810. The number of nitrogens with two attached hydrogens (primary N) is 1. The van der Waals surface area contributed by atoms with Crippen LogP contribution in [0.2, 0.25) is 10.0 Å². The summed E-state index contributed by atoms with van der Waals surface area (Å²) in [6, 6.07) is 3.00. The lowest BCUT2D eigenvalue weighted by Crippen LogP contribution is -2.15. The van der Waals surface area contributed by atoms with Gasteiger partial charge in [-0.25, -0.2) is 0 Å². The van der Waals surface area contributed by atoms with Crippen molar-refractivity contribution in [1.82, 2.24) is 0 Å². The fourth-order valence-electron chi connectivity index (χ4n) is 1.26. The predicted molar refractivity (Wildman–Crippen MR) is 61.7 cm³/mol. The van der Waals surface area contributed by atoms with Crippen LogP contribution in [0.3, 0.4) is 0 Å². The Morgan fingerprint density at radius 2 is 2.12 bits per heavy atom. The van der Waals surface area contributed by atoms with Crippen LogP contribution in [0.4, 0.5) is 0 Å². The molecule has 4 nitrogen and oxygen atoms in total. The fourth-order valence-corrected chi connectivity index (χ4v) is 1.89. The van der Waals surface area contributed by atoms with E-state index in [0.29, 0.717) is 10.6 Å². The molecule has 0 aromatic heterocycles. The van der Waals surface area contributed by atoms with E-state index in [1.165, 1.54) is 6.07 Å². The molecule has 3 N–H and O–H groups in total. The highest BCUT2D eigenvalue weighted by molar-refractivity contribution is 6.37. The highest BCUT2D eigenvalue weighted by Gasteiger charge is 2.14. The monoisotopic (exact) mass is 263 g/mol. The van der Waals surface area contributed by atoms with E-state index in [0.717, 1.165) is 0 Å². The van der Waals surface area contributed by atoms with Crippen molar-refractivity contribution in [1.29, 1.82) is 0 Å². The van der Waals surface area contributed by atoms with Gasteiger partial charge in [0.2, 0.25) is 0 Å². The molecule has 0 aliphatic carbocycles. The van der Waals surface area contributed by atoms with Gasteiger partial charge in [0.25, 0.3) is 5.91 Å². The van der Waals surface area contributed by atoms with Crippen LogP contribution in [-0.2, 0) is 11.3 Å². The third kappa shape index (κ3) is 3.35. The Morgan fingerprint density at radius 1 is 1.44 bits per heavy atom. The lowest BCUT2D eigenvalue weighted by Gasteiger charge is -2.09. The summed E-state index contributed by atoms with van der Waals surface area (Å²) in [5.74, 6) is -0.635. The molecule has 0 aliphatic rings. The van der Waals surface area contributed by atoms with Gasteiger partial charge in [0.1, 0.15) is 0 Å². The van der Waals surface area contributed by atoms with Crippen LogP contribution in [-0.4, -0.2) is 24.2 Å². The molecule has 0 atom stereocenters. The standard InChI is InChI=1S/C10H11Cl2NO3/c11-7-3-6(5-16-2-1-14)9(10(13)15)8(12)4-7/h3-4,14H,1-2,5H2,(H2,13,15). The van der Waals surface area contributed by atoms with E-state index in [1.807, 2.05) is 0 Å². The number of hydrogen-bond acceptors (Lipinski definition) is 3. The Bertz CT molecular complexity index is 396. The maximum Gasteiger partial charge on any atom is 0.250 e. The lowest BCUT2D eigenvalue weighted by atomic mass is 10.1. The number of aliphatic hydroxyl groups is 1. The third-order valence-electron chi connectivity index (χ3n) is 1.88. The number of carbonyl (C=O) groups excluding carboxylic acids is 1. The molecule has 1 aromatic rings. The first-order chi connectivity index (χ1) is 7.56. The zero-order valence-corrected chi connectivity index (χ0v) is 9.88. The summed E-state index contributed by atoms with van der Waals surface area (Å²) >= 11 is 11.7. The number of benzene rings is 1. The van der Waals surface area contributed by atoms with Gasteiger partial charge in [0, 0.05) is 5.02 Å². The normalized spacial score (nSPS) is 10.4. The highest BCUT2D eigenvalue weighted by Crippen LogP contribution is 2.25. The summed E-state index contributed by atoms with van der Waals surface area (Å²) in [6.07, 6.45) is 0. The lowest BCUT2D eigenvalue weighted by molar-refractivity contribution is 0.0803. The van der Waals surface area contributed by atoms with Gasteiger partial charge in [-0.3, -0.25) is 4.79 Å². The average Bonchev–Trinajstić information content (AvgIpc) is 2.16. The van der Waals surface area contributed by atoms with Gasteiger partial charge < -0.3 is 15.6 Å². The Balaban J connectivity index is 2.99. The van der Waals surface area contributed by atoms with Gasteiger partial charge in [0.05, 0.1) is 30.4 Å². The number of aliphatic hydroxyl groups excluding tert-OH is 1. The van der Waals surface area contributed by atoms with Gasteiger partial charge >= 0.3 is 0 Å². The van der Waals surface area contributed by atoms with Crippen LogP contribution in [0.25, 0.3) is 0 Å². The third-order valence-corrected chi connectivity index (χ3v) is 2.39. The molecule has 0 bridgehead atoms. The van der Waals surface area contributed by atoms with Crippen molar-refractivity contribution in [3.05, 3.63) is 33.3 Å². The number of carbonyl (C=O) groups is 1. The zero-order valence-electron chi connectivity index (χ0n) is 8.37. The number of halogens is 2. The Morgan fingerprint density at radius 3 is 2.69 bits per heavy atom. The largest absolute Gasteiger partial charge is 0.394 e. The van der Waals surface area contributed by atoms with Crippen LogP contribution in [0.1, 0.15) is 15.9 Å². The number of rotatable bonds is 5. The van der Waals surface area contributed by atoms with Crippen molar-refractivity contribution in [2.75, 3.05) is 13.2 Å². The first-order valence-electron chi connectivity index (χ1n) is 4.52. The summed E-state index contributed by atoms with van der Waals surface area (Å²) in [5, 5.41) is 9.16. The van der Waals surface area contributed by atoms with Crippen LogP contribution < -0.4 is 5.73 Å². The summed E-state index contributed by atoms with van der Waals surface area (Å²) in [6.45, 7) is 0.196. The molecule has 0 radical (unpaired) electrons. The number of hydrogen-bond donors (Lipinski definition) is 2. The van der Waals surface area contributed by atoms with Gasteiger partial charge in [-0.2, -0.15) is 0 Å². The van der Waals surface area contributed by atoms with Crippen LogP contribution in [0.5, 0.6) is 0 Å². The Kier molecular flexibility index (Phi) is 5.02. The molecule has 1 amide bonds. The van der Waals surface area contributed by atoms with E-state index in [-0.39, 0.29) is 30.4 Å². The molecular formula is C10H11Cl2NO3. The number of primary amides is 1. The molecule has 1 aromatic carbocycles. The summed E-state index contributed by atoms with van der Waals surface area (Å²) in [5.41, 5.74) is 5.91. The second kappa shape index (κ2) is 6.06. The molecule has 1 rings (SSSR count). The van der Waals surface area contributed by atoms with Crippen LogP contribution in [0.15, 0.2) is 12.1 Å². The topological polar surface area (TPSA) is 72.6 Å². The second-order valence-corrected chi connectivity index (χ2v) is 3.91. The molecule has 0 unspecified atom stereocenters. The highest BCUT2D eigenvalue weighted by atomic mass is 35.5. The van der Waals surface area contributed by atoms with Crippen LogP contribution in [0, 0.1) is 0 Å². The van der Waals surface area contributed by atoms with Crippen molar-refractivity contribution >= 4 is 29.1 Å². The molecule has 0 saturated carbocycles. The maximum absolute atomic E-state index is 11.2. The van der Waals surface area contributed by atoms with Gasteiger partial charge in [-0.05, 0) is 17.7 Å². The number of amides is 1. The van der Waals surface area contributed by atoms with E-state index in [2.05, 4.69) is 0 Å². The van der Waals surface area contributed by atoms with Crippen molar-refractivity contribution in [3.8, 4) is 0 Å². The van der Waals surface area contributed by atoms with Crippen molar-refractivity contribution in [2.24, 2.45) is 5.73 Å². The zero-order chi connectivity index (χ0) is 12.1. The molecule has 0 spiro atoms. The molecule has 0 heterocycles. The smallest absolute Gasteiger partial charge is 0.250 e. The molecule has 6 heteroatoms. The Labute approximate surface area is 103 Å². The SMILES string of the molecule is NC(=O)c1c(Cl)cc(Cl)cc1COCCO. The fraction of sp³-hybridized carbons (Fsp3) is 0.300. The minimum absolute atomic E-state index is 0.0970. The van der Waals surface area contributed by atoms with Crippen molar-refractivity contribution in [2.45, 2.75) is 6.61 Å². The van der Waals surface area contributed by atoms with Gasteiger partial charge in [-0.1, -0.05) is 23.2 Å². The summed E-state index contributed by atoms with van der Waals surface area (Å²) in [4.78, 5) is 11.2. The minimum atomic E-state index is -0.635. The molecular weight excluding hydrogens is 253 g/mol. The maximum atomic E-state index is 11.2. The molecule has 0 fully saturated rings. The van der Waals surface area contributed by atoms with Gasteiger partial charge in [0.15, 0.2) is 0 Å². The number of ether oxygens (including phenoxy) is 1. The average molecular weight is 264 g/mol. The van der Waals surface area contributed by atoms with E-state index < -0.39 is 5.91 Å².